The van der Waals surface area contributed by atoms with Gasteiger partial charge in [0.05, 0.1) is 0 Å². The fourth-order valence-corrected chi connectivity index (χ4v) is 2.79. The van der Waals surface area contributed by atoms with Gasteiger partial charge in [0.25, 0.3) is 0 Å². The Morgan fingerprint density at radius 3 is 2.61 bits per heavy atom. The number of hydrogen-bond acceptors (Lipinski definition) is 2. The lowest BCUT2D eigenvalue weighted by atomic mass is 10.1. The van der Waals surface area contributed by atoms with Crippen molar-refractivity contribution in [2.24, 2.45) is 0 Å². The van der Waals surface area contributed by atoms with Crippen molar-refractivity contribution in [3.63, 3.8) is 0 Å². The van der Waals surface area contributed by atoms with Crippen LogP contribution in [-0.2, 0) is 5.88 Å². The summed E-state index contributed by atoms with van der Waals surface area (Å²) in [6, 6.07) is 6.56. The molecular formula is C15H23ClN2. The molecule has 0 aliphatic carbocycles. The predicted octanol–water partition coefficient (Wildman–Crippen LogP) is 3.27. The van der Waals surface area contributed by atoms with Crippen molar-refractivity contribution in [1.82, 2.24) is 4.90 Å². The summed E-state index contributed by atoms with van der Waals surface area (Å²) in [4.78, 5) is 4.89. The topological polar surface area (TPSA) is 6.48 Å². The van der Waals surface area contributed by atoms with Gasteiger partial charge in [-0.1, -0.05) is 6.07 Å². The van der Waals surface area contributed by atoms with Crippen molar-refractivity contribution in [1.29, 1.82) is 0 Å². The van der Waals surface area contributed by atoms with Crippen LogP contribution in [-0.4, -0.2) is 38.1 Å². The molecule has 0 aromatic heterocycles. The average molecular weight is 267 g/mol. The lowest BCUT2D eigenvalue weighted by molar-refractivity contribution is 0.346. The molecule has 1 aromatic carbocycles. The van der Waals surface area contributed by atoms with E-state index in [9.17, 15) is 0 Å². The zero-order valence-corrected chi connectivity index (χ0v) is 12.2. The van der Waals surface area contributed by atoms with E-state index in [0.29, 0.717) is 5.88 Å². The Morgan fingerprint density at radius 2 is 2.00 bits per heavy atom. The van der Waals surface area contributed by atoms with Crippen LogP contribution < -0.4 is 4.90 Å². The number of likely N-dealkylation sites (tertiary alicyclic amines) is 1. The van der Waals surface area contributed by atoms with E-state index in [2.05, 4.69) is 42.0 Å². The molecule has 0 unspecified atom stereocenters. The van der Waals surface area contributed by atoms with Crippen molar-refractivity contribution in [3.8, 4) is 0 Å². The number of alkyl halides is 1. The highest BCUT2D eigenvalue weighted by Crippen LogP contribution is 2.19. The molecule has 1 fully saturated rings. The van der Waals surface area contributed by atoms with Gasteiger partial charge >= 0.3 is 0 Å². The summed E-state index contributed by atoms with van der Waals surface area (Å²) in [7, 11) is 2.17. The van der Waals surface area contributed by atoms with Gasteiger partial charge < -0.3 is 9.80 Å². The Kier molecular flexibility index (Phi) is 4.90. The summed E-state index contributed by atoms with van der Waals surface area (Å²) in [5, 5.41) is 0. The highest BCUT2D eigenvalue weighted by molar-refractivity contribution is 6.17. The Morgan fingerprint density at radius 1 is 1.28 bits per heavy atom. The first-order valence-electron chi connectivity index (χ1n) is 6.79. The second-order valence-corrected chi connectivity index (χ2v) is 5.48. The fourth-order valence-electron chi connectivity index (χ4n) is 2.49. The number of hydrogen-bond donors (Lipinski definition) is 0. The maximum Gasteiger partial charge on any atom is 0.0476 e. The van der Waals surface area contributed by atoms with Crippen LogP contribution in [0.15, 0.2) is 18.2 Å². The van der Waals surface area contributed by atoms with Crippen LogP contribution in [0.2, 0.25) is 0 Å². The molecule has 3 heteroatoms. The van der Waals surface area contributed by atoms with E-state index in [0.717, 1.165) is 6.54 Å². The number of likely N-dealkylation sites (N-methyl/N-ethyl adjacent to an activating group) is 1. The number of rotatable bonds is 5. The molecule has 0 radical (unpaired) electrons. The van der Waals surface area contributed by atoms with Crippen LogP contribution in [0.5, 0.6) is 0 Å². The highest BCUT2D eigenvalue weighted by Gasteiger charge is 2.12. The van der Waals surface area contributed by atoms with Gasteiger partial charge in [0.15, 0.2) is 0 Å². The second kappa shape index (κ2) is 6.44. The van der Waals surface area contributed by atoms with Gasteiger partial charge in [-0.25, -0.2) is 0 Å². The smallest absolute Gasteiger partial charge is 0.0476 e. The average Bonchev–Trinajstić information content (AvgIpc) is 2.89. The molecule has 1 aromatic rings. The third-order valence-corrected chi connectivity index (χ3v) is 4.15. The largest absolute Gasteiger partial charge is 0.373 e. The predicted molar refractivity (Wildman–Crippen MR) is 79.7 cm³/mol. The van der Waals surface area contributed by atoms with Crippen molar-refractivity contribution in [2.75, 3.05) is 38.1 Å². The Balaban J connectivity index is 1.91. The van der Waals surface area contributed by atoms with E-state index in [4.69, 9.17) is 11.6 Å². The normalized spacial score (nSPS) is 16.2. The minimum atomic E-state index is 0.601. The molecule has 100 valence electrons. The quantitative estimate of drug-likeness (QED) is 0.755. The Labute approximate surface area is 116 Å². The Bertz CT molecular complexity index is 386. The number of aryl methyl sites for hydroxylation is 1. The van der Waals surface area contributed by atoms with E-state index in [1.165, 1.54) is 49.3 Å². The molecule has 1 aliphatic rings. The molecule has 2 nitrogen and oxygen atoms in total. The van der Waals surface area contributed by atoms with E-state index in [-0.39, 0.29) is 0 Å². The summed E-state index contributed by atoms with van der Waals surface area (Å²) in [6.07, 6.45) is 2.74. The molecule has 0 spiro atoms. The summed E-state index contributed by atoms with van der Waals surface area (Å²) in [6.45, 7) is 6.96. The summed E-state index contributed by atoms with van der Waals surface area (Å²) in [5.41, 5.74) is 3.81. The van der Waals surface area contributed by atoms with Gasteiger partial charge in [0.1, 0.15) is 0 Å². The summed E-state index contributed by atoms with van der Waals surface area (Å²) in [5.74, 6) is 0.601. The molecule has 1 aliphatic heterocycles. The van der Waals surface area contributed by atoms with Gasteiger partial charge in [-0.05, 0) is 56.1 Å². The van der Waals surface area contributed by atoms with Gasteiger partial charge in [-0.2, -0.15) is 0 Å². The first kappa shape index (κ1) is 13.7. The van der Waals surface area contributed by atoms with Crippen molar-refractivity contribution >= 4 is 17.3 Å². The minimum absolute atomic E-state index is 0.601. The van der Waals surface area contributed by atoms with E-state index in [1.54, 1.807) is 0 Å². The molecule has 0 N–H and O–H groups in total. The first-order valence-corrected chi connectivity index (χ1v) is 7.33. The maximum absolute atomic E-state index is 5.89. The molecule has 0 bridgehead atoms. The van der Waals surface area contributed by atoms with Crippen molar-refractivity contribution in [2.45, 2.75) is 25.6 Å². The van der Waals surface area contributed by atoms with Gasteiger partial charge in [-0.3, -0.25) is 0 Å². The summed E-state index contributed by atoms with van der Waals surface area (Å²) >= 11 is 5.89. The monoisotopic (exact) mass is 266 g/mol. The summed E-state index contributed by atoms with van der Waals surface area (Å²) < 4.78 is 0. The van der Waals surface area contributed by atoms with Gasteiger partial charge in [0.2, 0.25) is 0 Å². The van der Waals surface area contributed by atoms with Crippen LogP contribution in [0.25, 0.3) is 0 Å². The third kappa shape index (κ3) is 3.39. The van der Waals surface area contributed by atoms with Crippen molar-refractivity contribution in [3.05, 3.63) is 29.3 Å². The van der Waals surface area contributed by atoms with Crippen LogP contribution in [0.4, 0.5) is 5.69 Å². The van der Waals surface area contributed by atoms with Crippen molar-refractivity contribution < 1.29 is 0 Å². The van der Waals surface area contributed by atoms with E-state index >= 15 is 0 Å². The van der Waals surface area contributed by atoms with E-state index < -0.39 is 0 Å². The van der Waals surface area contributed by atoms with Crippen LogP contribution in [0.3, 0.4) is 0 Å². The molecule has 2 rings (SSSR count). The SMILES string of the molecule is Cc1cc(N(C)CCN2CCCC2)ccc1CCl. The van der Waals surface area contributed by atoms with Gasteiger partial charge in [0, 0.05) is 31.7 Å². The standard InChI is InChI=1S/C15H23ClN2/c1-13-11-15(6-5-14(13)12-16)17(2)9-10-18-7-3-4-8-18/h5-6,11H,3-4,7-10,12H2,1-2H3. The highest BCUT2D eigenvalue weighted by atomic mass is 35.5. The molecular weight excluding hydrogens is 244 g/mol. The molecule has 0 amide bonds. The maximum atomic E-state index is 5.89. The number of nitrogens with zero attached hydrogens (tertiary/aromatic N) is 2. The van der Waals surface area contributed by atoms with E-state index in [1.807, 2.05) is 0 Å². The van der Waals surface area contributed by atoms with Gasteiger partial charge in [-0.15, -0.1) is 11.6 Å². The van der Waals surface area contributed by atoms with Crippen LogP contribution >= 0.6 is 11.6 Å². The molecule has 0 saturated carbocycles. The number of halogens is 1. The van der Waals surface area contributed by atoms with Crippen LogP contribution in [0.1, 0.15) is 24.0 Å². The van der Waals surface area contributed by atoms with Crippen LogP contribution in [0, 0.1) is 6.92 Å². The number of anilines is 1. The molecule has 1 saturated heterocycles. The molecule has 18 heavy (non-hydrogen) atoms. The zero-order chi connectivity index (χ0) is 13.0. The lowest BCUT2D eigenvalue weighted by Gasteiger charge is -2.23. The fraction of sp³-hybridized carbons (Fsp3) is 0.600. The third-order valence-electron chi connectivity index (χ3n) is 3.86. The lowest BCUT2D eigenvalue weighted by Crippen LogP contribution is -2.31. The Hall–Kier alpha value is -0.730. The molecule has 1 heterocycles. The first-order chi connectivity index (χ1) is 8.70. The minimum Gasteiger partial charge on any atom is -0.373 e. The second-order valence-electron chi connectivity index (χ2n) is 5.21. The molecule has 0 atom stereocenters. The number of benzene rings is 1. The zero-order valence-electron chi connectivity index (χ0n) is 11.5.